The summed E-state index contributed by atoms with van der Waals surface area (Å²) >= 11 is 0. The molecule has 302 valence electrons. The number of nitrogens with zero attached hydrogens (tertiary/aromatic N) is 2. The van der Waals surface area contributed by atoms with Gasteiger partial charge in [0.1, 0.15) is 0 Å². The molecular weight excluding hydrogens is 773 g/mol. The molecule has 2 atom stereocenters. The summed E-state index contributed by atoms with van der Waals surface area (Å²) in [5.41, 5.74) is 22.4. The standard InChI is InChI=1S/C62H44N2/c1-5-17-45(18-6-1)61-55-27-15-13-25-53(55)59-41-51(37-39-57(59)61)63(47-21-9-3-10-22-47)49-33-29-43(30-34-49)44-31-35-50(36-32-44)64(48-23-11-4-12-24-48)52-38-40-58-60(42-52)54-26-14-16-28-56(54)62(58)46-19-7-2-8-20-46/h1-42,61-62H. The molecule has 2 heteroatoms. The Bertz CT molecular complexity index is 3030. The van der Waals surface area contributed by atoms with E-state index < -0.39 is 0 Å². The molecule has 10 aromatic carbocycles. The van der Waals surface area contributed by atoms with Gasteiger partial charge in [-0.25, -0.2) is 0 Å². The van der Waals surface area contributed by atoms with E-state index in [1.54, 1.807) is 0 Å². The lowest BCUT2D eigenvalue weighted by Gasteiger charge is -2.27. The van der Waals surface area contributed by atoms with Gasteiger partial charge in [-0.1, -0.05) is 182 Å². The number of para-hydroxylation sites is 2. The minimum absolute atomic E-state index is 0.218. The van der Waals surface area contributed by atoms with E-state index in [0.29, 0.717) is 0 Å². The van der Waals surface area contributed by atoms with Crippen molar-refractivity contribution in [3.63, 3.8) is 0 Å². The van der Waals surface area contributed by atoms with Crippen LogP contribution in [-0.2, 0) is 0 Å². The molecule has 2 aliphatic carbocycles. The van der Waals surface area contributed by atoms with Gasteiger partial charge in [-0.2, -0.15) is 0 Å². The van der Waals surface area contributed by atoms with E-state index >= 15 is 0 Å². The average molecular weight is 817 g/mol. The molecule has 10 aromatic rings. The van der Waals surface area contributed by atoms with E-state index in [1.165, 1.54) is 66.8 Å². The average Bonchev–Trinajstić information content (AvgIpc) is 3.88. The van der Waals surface area contributed by atoms with Crippen molar-refractivity contribution >= 4 is 34.1 Å². The molecular formula is C62H44N2. The Morgan fingerprint density at radius 1 is 0.219 bits per heavy atom. The molecule has 2 unspecified atom stereocenters. The first-order chi connectivity index (χ1) is 31.8. The smallest absolute Gasteiger partial charge is 0.0468 e. The second-order valence-corrected chi connectivity index (χ2v) is 16.8. The number of hydrogen-bond acceptors (Lipinski definition) is 2. The summed E-state index contributed by atoms with van der Waals surface area (Å²) < 4.78 is 0. The SMILES string of the molecule is c1ccc(C2c3ccccc3-c3cc(N(c4ccccc4)c4ccc(-c5ccc(N(c6ccccc6)c6ccc7c(c6)-c6ccccc6C7c6ccccc6)cc5)cc4)ccc32)cc1. The van der Waals surface area contributed by atoms with Crippen LogP contribution in [0.15, 0.2) is 255 Å². The molecule has 0 heterocycles. The fourth-order valence-electron chi connectivity index (χ4n) is 10.3. The van der Waals surface area contributed by atoms with Crippen LogP contribution < -0.4 is 9.80 Å². The van der Waals surface area contributed by atoms with Crippen molar-refractivity contribution in [3.05, 3.63) is 288 Å². The molecule has 0 amide bonds. The van der Waals surface area contributed by atoms with Crippen molar-refractivity contribution in [1.82, 2.24) is 0 Å². The highest BCUT2D eigenvalue weighted by Crippen LogP contribution is 2.52. The van der Waals surface area contributed by atoms with Crippen LogP contribution in [0.1, 0.15) is 45.2 Å². The van der Waals surface area contributed by atoms with Gasteiger partial charge in [0.05, 0.1) is 0 Å². The molecule has 0 aromatic heterocycles. The predicted octanol–water partition coefficient (Wildman–Crippen LogP) is 16.6. The Labute approximate surface area is 375 Å². The molecule has 0 spiro atoms. The first-order valence-electron chi connectivity index (χ1n) is 22.2. The molecule has 0 bridgehead atoms. The molecule has 0 saturated carbocycles. The first-order valence-corrected chi connectivity index (χ1v) is 22.2. The number of anilines is 6. The van der Waals surface area contributed by atoms with Gasteiger partial charge in [-0.3, -0.25) is 0 Å². The fourth-order valence-corrected chi connectivity index (χ4v) is 10.3. The third kappa shape index (κ3) is 6.51. The maximum Gasteiger partial charge on any atom is 0.0468 e. The van der Waals surface area contributed by atoms with Gasteiger partial charge in [0.2, 0.25) is 0 Å². The van der Waals surface area contributed by atoms with Gasteiger partial charge in [-0.15, -0.1) is 0 Å². The normalized spacial score (nSPS) is 14.2. The lowest BCUT2D eigenvalue weighted by Crippen LogP contribution is -2.10. The molecule has 64 heavy (non-hydrogen) atoms. The van der Waals surface area contributed by atoms with Crippen LogP contribution in [-0.4, -0.2) is 0 Å². The number of fused-ring (bicyclic) bond motifs is 6. The zero-order chi connectivity index (χ0) is 42.4. The van der Waals surface area contributed by atoms with Gasteiger partial charge >= 0.3 is 0 Å². The summed E-state index contributed by atoms with van der Waals surface area (Å²) in [5.74, 6) is 0.436. The lowest BCUT2D eigenvalue weighted by molar-refractivity contribution is 1.01. The topological polar surface area (TPSA) is 6.48 Å². The van der Waals surface area contributed by atoms with Crippen molar-refractivity contribution in [1.29, 1.82) is 0 Å². The molecule has 0 saturated heterocycles. The number of benzene rings is 10. The maximum absolute atomic E-state index is 2.39. The quantitative estimate of drug-likeness (QED) is 0.143. The Hall–Kier alpha value is -8.20. The van der Waals surface area contributed by atoms with E-state index in [1.807, 2.05) is 0 Å². The Morgan fingerprint density at radius 2 is 0.516 bits per heavy atom. The highest BCUT2D eigenvalue weighted by atomic mass is 15.1. The van der Waals surface area contributed by atoms with E-state index in [9.17, 15) is 0 Å². The van der Waals surface area contributed by atoms with Crippen LogP contribution in [0.4, 0.5) is 34.1 Å². The largest absolute Gasteiger partial charge is 0.310 e. The van der Waals surface area contributed by atoms with E-state index in [4.69, 9.17) is 0 Å². The zero-order valence-electron chi connectivity index (χ0n) is 35.3. The first kappa shape index (κ1) is 37.6. The van der Waals surface area contributed by atoms with Crippen LogP contribution in [0, 0.1) is 0 Å². The molecule has 2 aliphatic rings. The van der Waals surface area contributed by atoms with Crippen LogP contribution in [0.2, 0.25) is 0 Å². The fraction of sp³-hybridized carbons (Fsp3) is 0.0323. The summed E-state index contributed by atoms with van der Waals surface area (Å²) in [6.45, 7) is 0. The molecule has 2 nitrogen and oxygen atoms in total. The predicted molar refractivity (Wildman–Crippen MR) is 267 cm³/mol. The van der Waals surface area contributed by atoms with Gasteiger partial charge in [-0.05, 0) is 140 Å². The Morgan fingerprint density at radius 3 is 0.906 bits per heavy atom. The van der Waals surface area contributed by atoms with Crippen LogP contribution in [0.3, 0.4) is 0 Å². The van der Waals surface area contributed by atoms with E-state index in [2.05, 4.69) is 265 Å². The van der Waals surface area contributed by atoms with Crippen molar-refractivity contribution in [2.45, 2.75) is 11.8 Å². The summed E-state index contributed by atoms with van der Waals surface area (Å²) in [6.07, 6.45) is 0. The third-order valence-corrected chi connectivity index (χ3v) is 13.2. The van der Waals surface area contributed by atoms with Gasteiger partial charge in [0.25, 0.3) is 0 Å². The van der Waals surface area contributed by atoms with Crippen molar-refractivity contribution in [2.75, 3.05) is 9.80 Å². The highest BCUT2D eigenvalue weighted by Gasteiger charge is 2.32. The minimum atomic E-state index is 0.218. The van der Waals surface area contributed by atoms with Crippen molar-refractivity contribution in [3.8, 4) is 33.4 Å². The molecule has 0 aliphatic heterocycles. The number of rotatable bonds is 9. The van der Waals surface area contributed by atoms with Crippen molar-refractivity contribution in [2.24, 2.45) is 0 Å². The molecule has 12 rings (SSSR count). The third-order valence-electron chi connectivity index (χ3n) is 13.2. The summed E-state index contributed by atoms with van der Waals surface area (Å²) in [4.78, 5) is 4.75. The Balaban J connectivity index is 0.878. The second kappa shape index (κ2) is 15.9. The molecule has 0 N–H and O–H groups in total. The van der Waals surface area contributed by atoms with Gasteiger partial charge in [0.15, 0.2) is 0 Å². The van der Waals surface area contributed by atoms with Gasteiger partial charge < -0.3 is 9.80 Å². The Kier molecular flexibility index (Phi) is 9.34. The second-order valence-electron chi connectivity index (χ2n) is 16.8. The van der Waals surface area contributed by atoms with Gasteiger partial charge in [0, 0.05) is 46.0 Å². The molecule has 0 fully saturated rings. The zero-order valence-corrected chi connectivity index (χ0v) is 35.3. The maximum atomic E-state index is 2.39. The summed E-state index contributed by atoms with van der Waals surface area (Å²) in [5, 5.41) is 0. The van der Waals surface area contributed by atoms with E-state index in [-0.39, 0.29) is 11.8 Å². The van der Waals surface area contributed by atoms with Crippen LogP contribution >= 0.6 is 0 Å². The van der Waals surface area contributed by atoms with Crippen molar-refractivity contribution < 1.29 is 0 Å². The summed E-state index contributed by atoms with van der Waals surface area (Å²) in [7, 11) is 0. The van der Waals surface area contributed by atoms with E-state index in [0.717, 1.165) is 34.1 Å². The van der Waals surface area contributed by atoms with Crippen LogP contribution in [0.25, 0.3) is 33.4 Å². The highest BCUT2D eigenvalue weighted by molar-refractivity contribution is 5.89. The lowest BCUT2D eigenvalue weighted by atomic mass is 9.89. The number of hydrogen-bond donors (Lipinski definition) is 0. The monoisotopic (exact) mass is 816 g/mol. The summed E-state index contributed by atoms with van der Waals surface area (Å²) in [6, 6.07) is 93.1. The molecule has 0 radical (unpaired) electrons. The minimum Gasteiger partial charge on any atom is -0.310 e. The van der Waals surface area contributed by atoms with Crippen LogP contribution in [0.5, 0.6) is 0 Å².